The maximum atomic E-state index is 9.27. The fourth-order valence-corrected chi connectivity index (χ4v) is 2.20. The Morgan fingerprint density at radius 1 is 1.25 bits per heavy atom. The Bertz CT molecular complexity index is 493. The third-order valence-corrected chi connectivity index (χ3v) is 3.83. The van der Waals surface area contributed by atoms with Crippen molar-refractivity contribution >= 4 is 0 Å². The van der Waals surface area contributed by atoms with Crippen LogP contribution in [0.2, 0.25) is 0 Å². The van der Waals surface area contributed by atoms with Crippen LogP contribution in [0.5, 0.6) is 5.75 Å². The summed E-state index contributed by atoms with van der Waals surface area (Å²) in [6.45, 7) is 3.28. The maximum absolute atomic E-state index is 9.27. The SMILES string of the molecule is CC(CCc1ccc(O)cc1)N(C)CCc1cnc[nH]1. The molecule has 108 valence electrons. The van der Waals surface area contributed by atoms with Crippen LogP contribution in [0.4, 0.5) is 0 Å². The van der Waals surface area contributed by atoms with Gasteiger partial charge in [-0.15, -0.1) is 0 Å². The third kappa shape index (κ3) is 4.38. The molecule has 0 spiro atoms. The largest absolute Gasteiger partial charge is 0.508 e. The first kappa shape index (κ1) is 14.6. The van der Waals surface area contributed by atoms with Crippen LogP contribution in [-0.4, -0.2) is 39.6 Å². The number of rotatable bonds is 7. The van der Waals surface area contributed by atoms with Gasteiger partial charge in [0.05, 0.1) is 6.33 Å². The van der Waals surface area contributed by atoms with E-state index in [1.165, 1.54) is 11.3 Å². The second-order valence-corrected chi connectivity index (χ2v) is 5.36. The number of benzene rings is 1. The number of hydrogen-bond acceptors (Lipinski definition) is 3. The molecule has 0 fully saturated rings. The molecular formula is C16H23N3O. The number of aromatic amines is 1. The highest BCUT2D eigenvalue weighted by Gasteiger charge is 2.09. The number of nitrogens with one attached hydrogen (secondary N) is 1. The van der Waals surface area contributed by atoms with Gasteiger partial charge in [-0.3, -0.25) is 0 Å². The van der Waals surface area contributed by atoms with E-state index >= 15 is 0 Å². The van der Waals surface area contributed by atoms with Gasteiger partial charge in [-0.2, -0.15) is 0 Å². The highest BCUT2D eigenvalue weighted by molar-refractivity contribution is 5.25. The summed E-state index contributed by atoms with van der Waals surface area (Å²) in [7, 11) is 2.16. The summed E-state index contributed by atoms with van der Waals surface area (Å²) in [5.41, 5.74) is 2.46. The molecule has 0 aliphatic carbocycles. The second-order valence-electron chi connectivity index (χ2n) is 5.36. The zero-order valence-corrected chi connectivity index (χ0v) is 12.2. The van der Waals surface area contributed by atoms with Crippen molar-refractivity contribution in [1.29, 1.82) is 0 Å². The summed E-state index contributed by atoms with van der Waals surface area (Å²) in [5, 5.41) is 9.27. The van der Waals surface area contributed by atoms with Crippen LogP contribution in [0.15, 0.2) is 36.8 Å². The minimum atomic E-state index is 0.332. The lowest BCUT2D eigenvalue weighted by atomic mass is 10.1. The van der Waals surface area contributed by atoms with Crippen LogP contribution >= 0.6 is 0 Å². The molecule has 0 amide bonds. The summed E-state index contributed by atoms with van der Waals surface area (Å²) < 4.78 is 0. The normalized spacial score (nSPS) is 12.8. The second kappa shape index (κ2) is 7.10. The van der Waals surface area contributed by atoms with E-state index in [0.29, 0.717) is 11.8 Å². The number of aromatic hydroxyl groups is 1. The van der Waals surface area contributed by atoms with Gasteiger partial charge in [-0.05, 0) is 44.5 Å². The monoisotopic (exact) mass is 273 g/mol. The van der Waals surface area contributed by atoms with Crippen molar-refractivity contribution in [2.45, 2.75) is 32.2 Å². The molecule has 2 aromatic rings. The van der Waals surface area contributed by atoms with Crippen LogP contribution < -0.4 is 0 Å². The smallest absolute Gasteiger partial charge is 0.115 e. The molecule has 0 radical (unpaired) electrons. The summed E-state index contributed by atoms with van der Waals surface area (Å²) in [6.07, 6.45) is 6.76. The van der Waals surface area contributed by atoms with Gasteiger partial charge in [-0.25, -0.2) is 4.98 Å². The molecule has 0 aliphatic rings. The molecule has 1 aromatic heterocycles. The van der Waals surface area contributed by atoms with Crippen molar-refractivity contribution in [1.82, 2.24) is 14.9 Å². The van der Waals surface area contributed by atoms with E-state index in [1.807, 2.05) is 18.3 Å². The summed E-state index contributed by atoms with van der Waals surface area (Å²) in [5.74, 6) is 0.332. The van der Waals surface area contributed by atoms with E-state index in [-0.39, 0.29) is 0 Å². The quantitative estimate of drug-likeness (QED) is 0.815. The Morgan fingerprint density at radius 3 is 2.65 bits per heavy atom. The van der Waals surface area contributed by atoms with Gasteiger partial charge in [0.2, 0.25) is 0 Å². The van der Waals surface area contributed by atoms with Crippen LogP contribution in [-0.2, 0) is 12.8 Å². The first-order valence-electron chi connectivity index (χ1n) is 7.10. The molecule has 4 nitrogen and oxygen atoms in total. The number of nitrogens with zero attached hydrogens (tertiary/aromatic N) is 2. The van der Waals surface area contributed by atoms with E-state index in [4.69, 9.17) is 0 Å². The molecule has 0 bridgehead atoms. The van der Waals surface area contributed by atoms with Crippen LogP contribution in [0.1, 0.15) is 24.6 Å². The predicted octanol–water partition coefficient (Wildman–Crippen LogP) is 2.61. The van der Waals surface area contributed by atoms with Crippen molar-refractivity contribution in [3.8, 4) is 5.75 Å². The van der Waals surface area contributed by atoms with E-state index in [0.717, 1.165) is 25.8 Å². The van der Waals surface area contributed by atoms with Gasteiger partial charge in [0.25, 0.3) is 0 Å². The molecule has 0 aliphatic heterocycles. The van der Waals surface area contributed by atoms with E-state index < -0.39 is 0 Å². The van der Waals surface area contributed by atoms with Gasteiger partial charge in [0, 0.05) is 30.9 Å². The average molecular weight is 273 g/mol. The Morgan fingerprint density at radius 2 is 2.00 bits per heavy atom. The Labute approximate surface area is 120 Å². The van der Waals surface area contributed by atoms with Crippen molar-refractivity contribution in [2.24, 2.45) is 0 Å². The number of likely N-dealkylation sites (N-methyl/N-ethyl adjacent to an activating group) is 1. The topological polar surface area (TPSA) is 52.1 Å². The first-order chi connectivity index (χ1) is 9.65. The number of hydrogen-bond donors (Lipinski definition) is 2. The zero-order chi connectivity index (χ0) is 14.4. The van der Waals surface area contributed by atoms with Crippen molar-refractivity contribution < 1.29 is 5.11 Å². The zero-order valence-electron chi connectivity index (χ0n) is 12.2. The molecule has 1 unspecified atom stereocenters. The lowest BCUT2D eigenvalue weighted by molar-refractivity contribution is 0.248. The van der Waals surface area contributed by atoms with Gasteiger partial charge in [0.1, 0.15) is 5.75 Å². The fourth-order valence-electron chi connectivity index (χ4n) is 2.20. The maximum Gasteiger partial charge on any atom is 0.115 e. The van der Waals surface area contributed by atoms with Gasteiger partial charge in [0.15, 0.2) is 0 Å². The highest BCUT2D eigenvalue weighted by Crippen LogP contribution is 2.13. The summed E-state index contributed by atoms with van der Waals surface area (Å²) in [4.78, 5) is 9.54. The number of aryl methyl sites for hydroxylation is 1. The van der Waals surface area contributed by atoms with E-state index in [9.17, 15) is 5.11 Å². The molecule has 1 aromatic carbocycles. The summed E-state index contributed by atoms with van der Waals surface area (Å²) in [6, 6.07) is 8.02. The molecule has 0 saturated carbocycles. The molecule has 4 heteroatoms. The van der Waals surface area contributed by atoms with Gasteiger partial charge < -0.3 is 15.0 Å². The molecule has 1 atom stereocenters. The highest BCUT2D eigenvalue weighted by atomic mass is 16.3. The molecule has 2 N–H and O–H groups in total. The molecule has 1 heterocycles. The molecular weight excluding hydrogens is 250 g/mol. The van der Waals surface area contributed by atoms with Crippen molar-refractivity contribution in [3.63, 3.8) is 0 Å². The number of imidazole rings is 1. The van der Waals surface area contributed by atoms with Crippen molar-refractivity contribution in [2.75, 3.05) is 13.6 Å². The standard InChI is InChI=1S/C16H23N3O/c1-13(3-4-14-5-7-16(20)8-6-14)19(2)10-9-15-11-17-12-18-15/h5-8,11-13,20H,3-4,9-10H2,1-2H3,(H,17,18). The number of aromatic nitrogens is 2. The average Bonchev–Trinajstić information content (AvgIpc) is 2.97. The van der Waals surface area contributed by atoms with Crippen LogP contribution in [0, 0.1) is 0 Å². The number of H-pyrrole nitrogens is 1. The Balaban J connectivity index is 1.73. The lowest BCUT2D eigenvalue weighted by Crippen LogP contribution is -2.31. The fraction of sp³-hybridized carbons (Fsp3) is 0.438. The van der Waals surface area contributed by atoms with Gasteiger partial charge >= 0.3 is 0 Å². The molecule has 0 saturated heterocycles. The summed E-state index contributed by atoms with van der Waals surface area (Å²) >= 11 is 0. The minimum Gasteiger partial charge on any atom is -0.508 e. The Hall–Kier alpha value is -1.81. The third-order valence-electron chi connectivity index (χ3n) is 3.83. The predicted molar refractivity (Wildman–Crippen MR) is 80.8 cm³/mol. The van der Waals surface area contributed by atoms with Gasteiger partial charge in [-0.1, -0.05) is 12.1 Å². The first-order valence-corrected chi connectivity index (χ1v) is 7.10. The molecule has 20 heavy (non-hydrogen) atoms. The molecule has 2 rings (SSSR count). The van der Waals surface area contributed by atoms with Crippen LogP contribution in [0.3, 0.4) is 0 Å². The number of phenolic OH excluding ortho intramolecular Hbond substituents is 1. The van der Waals surface area contributed by atoms with Crippen LogP contribution in [0.25, 0.3) is 0 Å². The number of phenols is 1. The van der Waals surface area contributed by atoms with Crippen molar-refractivity contribution in [3.05, 3.63) is 48.0 Å². The lowest BCUT2D eigenvalue weighted by Gasteiger charge is -2.24. The van der Waals surface area contributed by atoms with E-state index in [2.05, 4.69) is 28.8 Å². The minimum absolute atomic E-state index is 0.332. The van der Waals surface area contributed by atoms with E-state index in [1.54, 1.807) is 18.5 Å². The Kier molecular flexibility index (Phi) is 5.18.